The van der Waals surface area contributed by atoms with Crippen molar-refractivity contribution in [2.75, 3.05) is 12.9 Å². The summed E-state index contributed by atoms with van der Waals surface area (Å²) in [5.41, 5.74) is -0.732. The number of sulfone groups is 2. The zero-order valence-corrected chi connectivity index (χ0v) is 18.9. The summed E-state index contributed by atoms with van der Waals surface area (Å²) < 4.78 is 107. The first-order valence-electron chi connectivity index (χ1n) is 9.61. The molecule has 0 aromatic heterocycles. The molecule has 0 saturated carbocycles. The summed E-state index contributed by atoms with van der Waals surface area (Å²) in [4.78, 5) is -0.658. The largest absolute Gasteiger partial charge is 0.416 e. The van der Waals surface area contributed by atoms with E-state index < -0.39 is 53.8 Å². The molecule has 176 valence electrons. The quantitative estimate of drug-likeness (QED) is 0.565. The lowest BCUT2D eigenvalue weighted by molar-refractivity contribution is -0.137. The van der Waals surface area contributed by atoms with Crippen molar-refractivity contribution in [1.29, 1.82) is 0 Å². The first-order chi connectivity index (χ1) is 14.7. The van der Waals surface area contributed by atoms with Crippen molar-refractivity contribution in [2.24, 2.45) is 0 Å². The summed E-state index contributed by atoms with van der Waals surface area (Å²) in [6.45, 7) is 0.444. The van der Waals surface area contributed by atoms with Crippen LogP contribution in [0.5, 0.6) is 0 Å². The molecule has 0 spiro atoms. The Kier molecular flexibility index (Phi) is 6.49. The molecule has 2 aromatic rings. The van der Waals surface area contributed by atoms with Crippen molar-refractivity contribution < 1.29 is 39.1 Å². The van der Waals surface area contributed by atoms with Crippen molar-refractivity contribution in [3.05, 3.63) is 59.2 Å². The van der Waals surface area contributed by atoms with Gasteiger partial charge >= 0.3 is 6.18 Å². The summed E-state index contributed by atoms with van der Waals surface area (Å²) in [6.07, 6.45) is -4.64. The molecule has 2 atom stereocenters. The van der Waals surface area contributed by atoms with Gasteiger partial charge < -0.3 is 4.74 Å². The summed E-state index contributed by atoms with van der Waals surface area (Å²) in [7, 11) is -7.94. The van der Waals surface area contributed by atoms with E-state index in [2.05, 4.69) is 0 Å². The molecule has 0 bridgehead atoms. The second-order valence-corrected chi connectivity index (χ2v) is 12.5. The minimum Gasteiger partial charge on any atom is -0.373 e. The highest BCUT2D eigenvalue weighted by Crippen LogP contribution is 2.43. The van der Waals surface area contributed by atoms with Gasteiger partial charge in [-0.2, -0.15) is 13.2 Å². The molecule has 1 saturated heterocycles. The second kappa shape index (κ2) is 8.42. The molecular formula is C21H22F4O5S2. The van der Waals surface area contributed by atoms with Gasteiger partial charge in [0.1, 0.15) is 6.67 Å². The SMILES string of the molecule is CC1(S(=O)(=O)c2cccc(C(F)(F)F)c2)CCOC(c2ccc(CF)c(S(C)(=O)=O)c2)C1. The van der Waals surface area contributed by atoms with Crippen LogP contribution in [0.4, 0.5) is 17.6 Å². The Morgan fingerprint density at radius 2 is 1.78 bits per heavy atom. The number of hydrogen-bond acceptors (Lipinski definition) is 5. The Morgan fingerprint density at radius 3 is 2.38 bits per heavy atom. The Bertz CT molecular complexity index is 1220. The molecule has 1 aliphatic rings. The van der Waals surface area contributed by atoms with E-state index in [0.717, 1.165) is 24.5 Å². The highest BCUT2D eigenvalue weighted by Gasteiger charge is 2.45. The number of hydrogen-bond donors (Lipinski definition) is 0. The van der Waals surface area contributed by atoms with Crippen molar-refractivity contribution in [1.82, 2.24) is 0 Å². The Morgan fingerprint density at radius 1 is 1.09 bits per heavy atom. The number of rotatable bonds is 5. The van der Waals surface area contributed by atoms with Crippen LogP contribution in [0.15, 0.2) is 52.3 Å². The van der Waals surface area contributed by atoms with Gasteiger partial charge in [0.2, 0.25) is 0 Å². The van der Waals surface area contributed by atoms with Gasteiger partial charge in [-0.25, -0.2) is 21.2 Å². The van der Waals surface area contributed by atoms with Crippen molar-refractivity contribution in [3.63, 3.8) is 0 Å². The fraction of sp³-hybridized carbons (Fsp3) is 0.429. The Balaban J connectivity index is 1.99. The van der Waals surface area contributed by atoms with Crippen LogP contribution in [0.25, 0.3) is 0 Å². The fourth-order valence-electron chi connectivity index (χ4n) is 3.78. The number of halogens is 4. The van der Waals surface area contributed by atoms with E-state index in [1.807, 2.05) is 0 Å². The summed E-state index contributed by atoms with van der Waals surface area (Å²) >= 11 is 0. The summed E-state index contributed by atoms with van der Waals surface area (Å²) in [5.74, 6) is 0. The second-order valence-electron chi connectivity index (χ2n) is 8.07. The number of benzene rings is 2. The van der Waals surface area contributed by atoms with E-state index in [4.69, 9.17) is 4.74 Å². The van der Waals surface area contributed by atoms with Crippen LogP contribution in [-0.2, 0) is 37.3 Å². The molecule has 0 aliphatic carbocycles. The first kappa shape index (κ1) is 24.7. The van der Waals surface area contributed by atoms with Crippen molar-refractivity contribution in [3.8, 4) is 0 Å². The lowest BCUT2D eigenvalue weighted by Gasteiger charge is -2.38. The minimum atomic E-state index is -4.69. The molecular weight excluding hydrogens is 472 g/mol. The maximum absolute atomic E-state index is 13.3. The molecule has 1 heterocycles. The maximum Gasteiger partial charge on any atom is 0.416 e. The molecule has 1 aliphatic heterocycles. The summed E-state index contributed by atoms with van der Waals surface area (Å²) in [5, 5.41) is 0. The molecule has 0 N–H and O–H groups in total. The number of alkyl halides is 4. The predicted octanol–water partition coefficient (Wildman–Crippen LogP) is 4.66. The summed E-state index contributed by atoms with van der Waals surface area (Å²) in [6, 6.07) is 7.62. The molecule has 0 radical (unpaired) electrons. The predicted molar refractivity (Wildman–Crippen MR) is 109 cm³/mol. The lowest BCUT2D eigenvalue weighted by atomic mass is 9.92. The third-order valence-corrected chi connectivity index (χ3v) is 9.42. The highest BCUT2D eigenvalue weighted by molar-refractivity contribution is 7.92. The number of ether oxygens (including phenoxy) is 1. The van der Waals surface area contributed by atoms with E-state index in [0.29, 0.717) is 11.6 Å². The van der Waals surface area contributed by atoms with Crippen LogP contribution in [0, 0.1) is 0 Å². The zero-order valence-electron chi connectivity index (χ0n) is 17.3. The van der Waals surface area contributed by atoms with Gasteiger partial charge in [0, 0.05) is 18.4 Å². The molecule has 1 fully saturated rings. The molecule has 5 nitrogen and oxygen atoms in total. The van der Waals surface area contributed by atoms with E-state index in [-0.39, 0.29) is 29.9 Å². The Labute approximate surface area is 184 Å². The molecule has 2 unspecified atom stereocenters. The van der Waals surface area contributed by atoms with Gasteiger partial charge in [0.05, 0.1) is 26.2 Å². The zero-order chi connectivity index (χ0) is 23.9. The highest BCUT2D eigenvalue weighted by atomic mass is 32.2. The minimum absolute atomic E-state index is 0.00156. The smallest absolute Gasteiger partial charge is 0.373 e. The van der Waals surface area contributed by atoms with Crippen LogP contribution in [0.1, 0.15) is 42.6 Å². The molecule has 3 rings (SSSR count). The maximum atomic E-state index is 13.3. The van der Waals surface area contributed by atoms with Gasteiger partial charge in [-0.15, -0.1) is 0 Å². The van der Waals surface area contributed by atoms with Gasteiger partial charge in [0.25, 0.3) is 0 Å². The van der Waals surface area contributed by atoms with Gasteiger partial charge in [-0.1, -0.05) is 18.2 Å². The molecule has 32 heavy (non-hydrogen) atoms. The van der Waals surface area contributed by atoms with Crippen molar-refractivity contribution >= 4 is 19.7 Å². The van der Waals surface area contributed by atoms with Gasteiger partial charge in [0.15, 0.2) is 19.7 Å². The molecule has 0 amide bonds. The lowest BCUT2D eigenvalue weighted by Crippen LogP contribution is -2.42. The van der Waals surface area contributed by atoms with E-state index >= 15 is 0 Å². The molecule has 11 heteroatoms. The fourth-order valence-corrected chi connectivity index (χ4v) is 6.56. The third kappa shape index (κ3) is 4.69. The normalized spacial score (nSPS) is 22.6. The first-order valence-corrected chi connectivity index (χ1v) is 13.0. The topological polar surface area (TPSA) is 77.5 Å². The van der Waals surface area contributed by atoms with Crippen LogP contribution in [-0.4, -0.2) is 34.4 Å². The average molecular weight is 495 g/mol. The Hall–Kier alpha value is -1.98. The third-order valence-electron chi connectivity index (χ3n) is 5.69. The van der Waals surface area contributed by atoms with Crippen LogP contribution < -0.4 is 0 Å². The van der Waals surface area contributed by atoms with Gasteiger partial charge in [-0.3, -0.25) is 0 Å². The van der Waals surface area contributed by atoms with Gasteiger partial charge in [-0.05, 0) is 49.6 Å². The van der Waals surface area contributed by atoms with Crippen LogP contribution in [0.3, 0.4) is 0 Å². The molecule has 2 aromatic carbocycles. The van der Waals surface area contributed by atoms with E-state index in [1.54, 1.807) is 0 Å². The standard InChI is InChI=1S/C21H22F4O5S2/c1-20(32(28,29)17-5-3-4-16(11-17)21(23,24)25)8-9-30-18(12-20)14-6-7-15(13-22)19(10-14)31(2,26)27/h3-7,10-11,18H,8-9,12-13H2,1-2H3. The van der Waals surface area contributed by atoms with E-state index in [1.165, 1.54) is 25.1 Å². The van der Waals surface area contributed by atoms with Crippen LogP contribution in [0.2, 0.25) is 0 Å². The monoisotopic (exact) mass is 494 g/mol. The van der Waals surface area contributed by atoms with Crippen LogP contribution >= 0.6 is 0 Å². The van der Waals surface area contributed by atoms with Crippen molar-refractivity contribution in [2.45, 2.75) is 53.3 Å². The average Bonchev–Trinajstić information content (AvgIpc) is 2.72. The van der Waals surface area contributed by atoms with E-state index in [9.17, 15) is 34.4 Å².